The first-order valence-corrected chi connectivity index (χ1v) is 14.6. The molecule has 11 heteroatoms. The molecule has 0 saturated carbocycles. The number of phenolic OH excluding ortho intramolecular Hbond substituents is 1. The highest BCUT2D eigenvalue weighted by atomic mass is 35.5. The molecule has 0 aliphatic rings. The van der Waals surface area contributed by atoms with Crippen LogP contribution in [0.15, 0.2) is 60.7 Å². The Hall–Kier alpha value is -2.82. The van der Waals surface area contributed by atoms with Crippen LogP contribution >= 0.6 is 23.2 Å². The second kappa shape index (κ2) is 13.3. The third-order valence-electron chi connectivity index (χ3n) is 5.77. The van der Waals surface area contributed by atoms with Crippen LogP contribution in [-0.4, -0.2) is 43.4 Å². The molecule has 0 aromatic heterocycles. The summed E-state index contributed by atoms with van der Waals surface area (Å²) >= 11 is 12.2. The van der Waals surface area contributed by atoms with Gasteiger partial charge in [0.2, 0.25) is 15.9 Å². The molecule has 0 radical (unpaired) electrons. The fraction of sp³-hybridized carbons (Fsp3) is 0.296. The van der Waals surface area contributed by atoms with Crippen molar-refractivity contribution >= 4 is 44.8 Å². The molecule has 0 aliphatic heterocycles. The topological polar surface area (TPSA) is 128 Å². The van der Waals surface area contributed by atoms with Crippen molar-refractivity contribution in [3.8, 4) is 5.75 Å². The van der Waals surface area contributed by atoms with Crippen LogP contribution in [0.2, 0.25) is 10.0 Å². The van der Waals surface area contributed by atoms with Gasteiger partial charge in [0.05, 0.1) is 34.5 Å². The number of nitrogens with one attached hydrogen (secondary N) is 3. The number of rotatable bonds is 12. The Morgan fingerprint density at radius 1 is 1.03 bits per heavy atom. The first-order valence-electron chi connectivity index (χ1n) is 11.9. The molecule has 0 heterocycles. The predicted octanol–water partition coefficient (Wildman–Crippen LogP) is 4.18. The number of halogens is 2. The lowest BCUT2D eigenvalue weighted by molar-refractivity contribution is -0.120. The fourth-order valence-corrected chi connectivity index (χ4v) is 4.84. The SMILES string of the molecule is C[C@H](Cc1cccc(CC(=O)NCc2cccc(Cl)c2Cl)c1)NC[C@@H](O)c1ccc(O)c(NS(C)(=O)=O)c1. The zero-order chi connectivity index (χ0) is 27.9. The van der Waals surface area contributed by atoms with Crippen LogP contribution in [0, 0.1) is 0 Å². The molecule has 2 atom stereocenters. The molecular weight excluding hydrogens is 549 g/mol. The number of benzene rings is 3. The molecule has 3 aromatic rings. The lowest BCUT2D eigenvalue weighted by Crippen LogP contribution is -2.32. The van der Waals surface area contributed by atoms with Gasteiger partial charge < -0.3 is 20.8 Å². The molecule has 0 saturated heterocycles. The van der Waals surface area contributed by atoms with Crippen LogP contribution in [0.5, 0.6) is 5.75 Å². The predicted molar refractivity (Wildman–Crippen MR) is 151 cm³/mol. The average molecular weight is 581 g/mol. The molecule has 8 nitrogen and oxygen atoms in total. The Morgan fingerprint density at radius 2 is 1.74 bits per heavy atom. The van der Waals surface area contributed by atoms with Crippen LogP contribution in [0.1, 0.15) is 35.3 Å². The maximum Gasteiger partial charge on any atom is 0.229 e. The minimum atomic E-state index is -3.58. The second-order valence-electron chi connectivity index (χ2n) is 9.17. The number of hydrogen-bond donors (Lipinski definition) is 5. The Kier molecular flexibility index (Phi) is 10.4. The number of phenols is 1. The van der Waals surface area contributed by atoms with Gasteiger partial charge in [-0.25, -0.2) is 8.42 Å². The van der Waals surface area contributed by atoms with Gasteiger partial charge in [-0.15, -0.1) is 0 Å². The van der Waals surface area contributed by atoms with Gasteiger partial charge in [0.15, 0.2) is 0 Å². The molecular formula is C27H31Cl2N3O5S. The molecule has 204 valence electrons. The van der Waals surface area contributed by atoms with Gasteiger partial charge in [0.1, 0.15) is 5.75 Å². The maximum absolute atomic E-state index is 12.5. The summed E-state index contributed by atoms with van der Waals surface area (Å²) < 4.78 is 25.2. The number of aliphatic hydroxyl groups excluding tert-OH is 1. The van der Waals surface area contributed by atoms with E-state index in [1.807, 2.05) is 37.3 Å². The Labute approximate surface area is 233 Å². The summed E-state index contributed by atoms with van der Waals surface area (Å²) in [5.41, 5.74) is 3.12. The van der Waals surface area contributed by atoms with E-state index in [9.17, 15) is 23.4 Å². The van der Waals surface area contributed by atoms with Gasteiger partial charge in [-0.2, -0.15) is 0 Å². The second-order valence-corrected chi connectivity index (χ2v) is 11.7. The minimum absolute atomic E-state index is 0.00410. The quantitative estimate of drug-likeness (QED) is 0.205. The van der Waals surface area contributed by atoms with Crippen molar-refractivity contribution in [1.82, 2.24) is 10.6 Å². The summed E-state index contributed by atoms with van der Waals surface area (Å²) in [6, 6.07) is 17.3. The van der Waals surface area contributed by atoms with Gasteiger partial charge in [-0.05, 0) is 53.8 Å². The molecule has 0 aliphatic carbocycles. The summed E-state index contributed by atoms with van der Waals surface area (Å²) in [6.07, 6.45) is 0.951. The monoisotopic (exact) mass is 579 g/mol. The lowest BCUT2D eigenvalue weighted by atomic mass is 10.0. The lowest BCUT2D eigenvalue weighted by Gasteiger charge is -2.19. The molecule has 3 rings (SSSR count). The van der Waals surface area contributed by atoms with E-state index in [1.54, 1.807) is 12.1 Å². The van der Waals surface area contributed by atoms with Crippen LogP contribution in [0.25, 0.3) is 0 Å². The van der Waals surface area contributed by atoms with Crippen LogP contribution in [0.3, 0.4) is 0 Å². The Balaban J connectivity index is 1.51. The Morgan fingerprint density at radius 3 is 2.47 bits per heavy atom. The first kappa shape index (κ1) is 29.7. The number of hydrogen-bond acceptors (Lipinski definition) is 6. The minimum Gasteiger partial charge on any atom is -0.506 e. The standard InChI is InChI=1S/C27H31Cl2N3O5S/c1-17(30-16-25(34)20-9-10-24(33)23(14-20)32-38(2,36)37)11-18-5-3-6-19(12-18)13-26(35)31-15-21-7-4-8-22(28)27(21)29/h3-10,12,14,17,25,30,32-34H,11,13,15-16H2,1-2H3,(H,31,35)/t17-,25-/m1/s1. The maximum atomic E-state index is 12.5. The molecule has 0 spiro atoms. The van der Waals surface area contributed by atoms with Crippen molar-refractivity contribution in [1.29, 1.82) is 0 Å². The number of carbonyl (C=O) groups excluding carboxylic acids is 1. The van der Waals surface area contributed by atoms with Crippen molar-refractivity contribution < 1.29 is 23.4 Å². The highest BCUT2D eigenvalue weighted by Crippen LogP contribution is 2.28. The molecule has 0 unspecified atom stereocenters. The van der Waals surface area contributed by atoms with Gasteiger partial charge in [-0.3, -0.25) is 9.52 Å². The summed E-state index contributed by atoms with van der Waals surface area (Å²) in [4.78, 5) is 12.5. The highest BCUT2D eigenvalue weighted by molar-refractivity contribution is 7.92. The van der Waals surface area contributed by atoms with E-state index in [4.69, 9.17) is 23.2 Å². The van der Waals surface area contributed by atoms with Crippen LogP contribution in [0.4, 0.5) is 5.69 Å². The van der Waals surface area contributed by atoms with E-state index in [-0.39, 0.29) is 42.9 Å². The van der Waals surface area contributed by atoms with E-state index in [0.29, 0.717) is 22.0 Å². The summed E-state index contributed by atoms with van der Waals surface area (Å²) in [7, 11) is -3.58. The average Bonchev–Trinajstić information content (AvgIpc) is 2.84. The number of anilines is 1. The van der Waals surface area contributed by atoms with E-state index < -0.39 is 16.1 Å². The molecule has 38 heavy (non-hydrogen) atoms. The molecule has 0 bridgehead atoms. The smallest absolute Gasteiger partial charge is 0.229 e. The third-order valence-corrected chi connectivity index (χ3v) is 7.21. The molecule has 5 N–H and O–H groups in total. The van der Waals surface area contributed by atoms with Gasteiger partial charge in [0, 0.05) is 19.1 Å². The van der Waals surface area contributed by atoms with Crippen molar-refractivity contribution in [2.45, 2.75) is 38.5 Å². The summed E-state index contributed by atoms with van der Waals surface area (Å²) in [6.45, 7) is 2.49. The third kappa shape index (κ3) is 9.18. The number of sulfonamides is 1. The van der Waals surface area contributed by atoms with Crippen molar-refractivity contribution in [3.05, 3.63) is 93.0 Å². The number of carbonyl (C=O) groups is 1. The number of aliphatic hydroxyl groups is 1. The molecule has 0 fully saturated rings. The van der Waals surface area contributed by atoms with Crippen molar-refractivity contribution in [3.63, 3.8) is 0 Å². The van der Waals surface area contributed by atoms with E-state index in [0.717, 1.165) is 22.9 Å². The largest absolute Gasteiger partial charge is 0.506 e. The Bertz CT molecular complexity index is 1380. The highest BCUT2D eigenvalue weighted by Gasteiger charge is 2.15. The van der Waals surface area contributed by atoms with Crippen LogP contribution in [-0.2, 0) is 34.2 Å². The summed E-state index contributed by atoms with van der Waals surface area (Å²) in [5.74, 6) is -0.361. The van der Waals surface area contributed by atoms with E-state index in [2.05, 4.69) is 15.4 Å². The summed E-state index contributed by atoms with van der Waals surface area (Å²) in [5, 5.41) is 27.5. The van der Waals surface area contributed by atoms with Gasteiger partial charge in [0.25, 0.3) is 0 Å². The zero-order valence-corrected chi connectivity index (χ0v) is 23.4. The van der Waals surface area contributed by atoms with Crippen molar-refractivity contribution in [2.75, 3.05) is 17.5 Å². The van der Waals surface area contributed by atoms with Gasteiger partial charge in [-0.1, -0.05) is 65.7 Å². The first-order chi connectivity index (χ1) is 17.9. The fourth-order valence-electron chi connectivity index (χ4n) is 3.89. The van der Waals surface area contributed by atoms with E-state index in [1.165, 1.54) is 18.2 Å². The number of aromatic hydroxyl groups is 1. The zero-order valence-electron chi connectivity index (χ0n) is 21.0. The molecule has 3 aromatic carbocycles. The van der Waals surface area contributed by atoms with Crippen molar-refractivity contribution in [2.24, 2.45) is 0 Å². The normalized spacial score (nSPS) is 13.1. The molecule has 1 amide bonds. The number of amides is 1. The van der Waals surface area contributed by atoms with E-state index >= 15 is 0 Å². The van der Waals surface area contributed by atoms with Crippen LogP contribution < -0.4 is 15.4 Å². The van der Waals surface area contributed by atoms with Gasteiger partial charge >= 0.3 is 0 Å².